The molecule has 0 amide bonds. The lowest BCUT2D eigenvalue weighted by Gasteiger charge is -2.10. The van der Waals surface area contributed by atoms with Crippen molar-refractivity contribution in [3.05, 3.63) is 64.0 Å². The number of ether oxygens (including phenoxy) is 2. The zero-order chi connectivity index (χ0) is 17.1. The third-order valence-electron chi connectivity index (χ3n) is 3.58. The van der Waals surface area contributed by atoms with Crippen LogP contribution >= 0.6 is 11.6 Å². The van der Waals surface area contributed by atoms with Crippen LogP contribution in [0.25, 0.3) is 22.5 Å². The standard InChI is InChI=1S/C18H15ClN2O3/c1-23-16-8-5-12(9-17(16)24-2)15-10-14(20-18(22)21-15)11-3-6-13(19)7-4-11/h3-10H,1-2H3,(H,20,21,22). The fraction of sp³-hybridized carbons (Fsp3) is 0.111. The second kappa shape index (κ2) is 6.76. The van der Waals surface area contributed by atoms with Gasteiger partial charge in [0.1, 0.15) is 0 Å². The molecule has 0 saturated heterocycles. The number of nitrogens with one attached hydrogen (secondary N) is 1. The Hall–Kier alpha value is -2.79. The molecule has 1 heterocycles. The first-order valence-electron chi connectivity index (χ1n) is 7.20. The molecule has 0 aliphatic heterocycles. The van der Waals surface area contributed by atoms with E-state index in [2.05, 4.69) is 9.97 Å². The largest absolute Gasteiger partial charge is 0.493 e. The van der Waals surface area contributed by atoms with Gasteiger partial charge in [-0.25, -0.2) is 4.79 Å². The SMILES string of the molecule is COc1ccc(-c2cc(-c3ccc(Cl)cc3)nc(=O)[nH]2)cc1OC. The Labute approximate surface area is 143 Å². The number of hydrogen-bond acceptors (Lipinski definition) is 4. The van der Waals surface area contributed by atoms with Gasteiger partial charge in [-0.2, -0.15) is 4.98 Å². The van der Waals surface area contributed by atoms with Crippen molar-refractivity contribution in [1.82, 2.24) is 9.97 Å². The molecular weight excluding hydrogens is 328 g/mol. The molecule has 2 aromatic carbocycles. The molecule has 3 rings (SSSR count). The number of methoxy groups -OCH3 is 2. The van der Waals surface area contributed by atoms with Gasteiger partial charge in [-0.3, -0.25) is 0 Å². The second-order valence-corrected chi connectivity index (χ2v) is 5.50. The maximum atomic E-state index is 12.0. The number of aromatic nitrogens is 2. The van der Waals surface area contributed by atoms with E-state index in [1.807, 2.05) is 24.3 Å². The van der Waals surface area contributed by atoms with Crippen molar-refractivity contribution in [2.24, 2.45) is 0 Å². The van der Waals surface area contributed by atoms with Crippen molar-refractivity contribution in [2.45, 2.75) is 0 Å². The molecule has 1 N–H and O–H groups in total. The van der Waals surface area contributed by atoms with E-state index in [9.17, 15) is 4.79 Å². The highest BCUT2D eigenvalue weighted by Gasteiger charge is 2.09. The number of aromatic amines is 1. The maximum Gasteiger partial charge on any atom is 0.345 e. The summed E-state index contributed by atoms with van der Waals surface area (Å²) in [6.45, 7) is 0. The summed E-state index contributed by atoms with van der Waals surface area (Å²) in [5.74, 6) is 1.20. The fourth-order valence-electron chi connectivity index (χ4n) is 2.39. The van der Waals surface area contributed by atoms with Crippen LogP contribution in [-0.2, 0) is 0 Å². The monoisotopic (exact) mass is 342 g/mol. The van der Waals surface area contributed by atoms with E-state index in [4.69, 9.17) is 21.1 Å². The van der Waals surface area contributed by atoms with E-state index < -0.39 is 5.69 Å². The fourth-order valence-corrected chi connectivity index (χ4v) is 2.51. The first-order chi connectivity index (χ1) is 11.6. The third kappa shape index (κ3) is 3.26. The molecule has 6 heteroatoms. The lowest BCUT2D eigenvalue weighted by atomic mass is 10.1. The molecule has 0 saturated carbocycles. The molecule has 0 unspecified atom stereocenters. The number of benzene rings is 2. The number of halogens is 1. The van der Waals surface area contributed by atoms with Gasteiger partial charge in [0.25, 0.3) is 0 Å². The Morgan fingerprint density at radius 1 is 0.917 bits per heavy atom. The van der Waals surface area contributed by atoms with Gasteiger partial charge in [0.05, 0.1) is 25.6 Å². The Kier molecular flexibility index (Phi) is 4.53. The average Bonchev–Trinajstić information content (AvgIpc) is 2.61. The van der Waals surface area contributed by atoms with Crippen molar-refractivity contribution >= 4 is 11.6 Å². The Bertz CT molecular complexity index is 920. The van der Waals surface area contributed by atoms with Gasteiger partial charge in [0, 0.05) is 16.1 Å². The van der Waals surface area contributed by atoms with Gasteiger partial charge >= 0.3 is 5.69 Å². The number of rotatable bonds is 4. The molecule has 1 aromatic heterocycles. The summed E-state index contributed by atoms with van der Waals surface area (Å²) in [6, 6.07) is 14.4. The van der Waals surface area contributed by atoms with E-state index in [1.54, 1.807) is 38.5 Å². The van der Waals surface area contributed by atoms with Gasteiger partial charge in [-0.15, -0.1) is 0 Å². The number of H-pyrrole nitrogens is 1. The molecule has 0 atom stereocenters. The molecule has 5 nitrogen and oxygen atoms in total. The molecule has 0 aliphatic rings. The van der Waals surface area contributed by atoms with Crippen molar-refractivity contribution in [2.75, 3.05) is 14.2 Å². The van der Waals surface area contributed by atoms with Crippen LogP contribution in [0.1, 0.15) is 0 Å². The zero-order valence-electron chi connectivity index (χ0n) is 13.2. The summed E-state index contributed by atoms with van der Waals surface area (Å²) in [4.78, 5) is 18.7. The van der Waals surface area contributed by atoms with Crippen LogP contribution in [0.4, 0.5) is 0 Å². The van der Waals surface area contributed by atoms with E-state index >= 15 is 0 Å². The van der Waals surface area contributed by atoms with Crippen LogP contribution in [0.2, 0.25) is 5.02 Å². The maximum absolute atomic E-state index is 12.0. The Balaban J connectivity index is 2.09. The van der Waals surface area contributed by atoms with Gasteiger partial charge in [0.15, 0.2) is 11.5 Å². The lowest BCUT2D eigenvalue weighted by Crippen LogP contribution is -2.12. The minimum Gasteiger partial charge on any atom is -0.493 e. The van der Waals surface area contributed by atoms with Gasteiger partial charge in [0.2, 0.25) is 0 Å². The minimum atomic E-state index is -0.424. The van der Waals surface area contributed by atoms with Crippen LogP contribution in [-0.4, -0.2) is 24.2 Å². The molecule has 0 bridgehead atoms. The third-order valence-corrected chi connectivity index (χ3v) is 3.83. The molecule has 3 aromatic rings. The first-order valence-corrected chi connectivity index (χ1v) is 7.58. The highest BCUT2D eigenvalue weighted by molar-refractivity contribution is 6.30. The van der Waals surface area contributed by atoms with E-state index in [0.717, 1.165) is 11.1 Å². The second-order valence-electron chi connectivity index (χ2n) is 5.06. The highest BCUT2D eigenvalue weighted by atomic mass is 35.5. The number of hydrogen-bond donors (Lipinski definition) is 1. The van der Waals surface area contributed by atoms with Gasteiger partial charge in [-0.05, 0) is 36.4 Å². The molecular formula is C18H15ClN2O3. The molecule has 0 aliphatic carbocycles. The number of nitrogens with zero attached hydrogens (tertiary/aromatic N) is 1. The average molecular weight is 343 g/mol. The summed E-state index contributed by atoms with van der Waals surface area (Å²) >= 11 is 5.91. The first kappa shape index (κ1) is 16.1. The zero-order valence-corrected chi connectivity index (χ0v) is 13.9. The smallest absolute Gasteiger partial charge is 0.345 e. The lowest BCUT2D eigenvalue weighted by molar-refractivity contribution is 0.355. The van der Waals surface area contributed by atoms with Crippen molar-refractivity contribution in [1.29, 1.82) is 0 Å². The van der Waals surface area contributed by atoms with Crippen LogP contribution in [0.15, 0.2) is 53.3 Å². The predicted octanol–water partition coefficient (Wildman–Crippen LogP) is 3.77. The summed E-state index contributed by atoms with van der Waals surface area (Å²) in [5.41, 5.74) is 2.39. The van der Waals surface area contributed by atoms with Gasteiger partial charge in [-0.1, -0.05) is 23.7 Å². The van der Waals surface area contributed by atoms with Crippen LogP contribution < -0.4 is 15.2 Å². The molecule has 0 spiro atoms. The van der Waals surface area contributed by atoms with Crippen molar-refractivity contribution in [3.63, 3.8) is 0 Å². The highest BCUT2D eigenvalue weighted by Crippen LogP contribution is 2.32. The molecule has 24 heavy (non-hydrogen) atoms. The molecule has 0 fully saturated rings. The van der Waals surface area contributed by atoms with Crippen molar-refractivity contribution < 1.29 is 9.47 Å². The summed E-state index contributed by atoms with van der Waals surface area (Å²) in [6.07, 6.45) is 0. The summed E-state index contributed by atoms with van der Waals surface area (Å²) in [7, 11) is 3.14. The van der Waals surface area contributed by atoms with E-state index in [1.165, 1.54) is 0 Å². The summed E-state index contributed by atoms with van der Waals surface area (Å²) in [5, 5.41) is 0.628. The molecule has 122 valence electrons. The van der Waals surface area contributed by atoms with Crippen molar-refractivity contribution in [3.8, 4) is 34.0 Å². The quantitative estimate of drug-likeness (QED) is 0.783. The minimum absolute atomic E-state index is 0.424. The van der Waals surface area contributed by atoms with E-state index in [0.29, 0.717) is 27.9 Å². The summed E-state index contributed by atoms with van der Waals surface area (Å²) < 4.78 is 10.5. The topological polar surface area (TPSA) is 64.2 Å². The van der Waals surface area contributed by atoms with Crippen LogP contribution in [0.3, 0.4) is 0 Å². The Morgan fingerprint density at radius 2 is 1.58 bits per heavy atom. The van der Waals surface area contributed by atoms with Gasteiger partial charge < -0.3 is 14.5 Å². The normalized spacial score (nSPS) is 10.5. The van der Waals surface area contributed by atoms with Crippen LogP contribution in [0.5, 0.6) is 11.5 Å². The Morgan fingerprint density at radius 3 is 2.25 bits per heavy atom. The van der Waals surface area contributed by atoms with Crippen LogP contribution in [0, 0.1) is 0 Å². The predicted molar refractivity (Wildman–Crippen MR) is 93.8 cm³/mol. The van der Waals surface area contributed by atoms with E-state index in [-0.39, 0.29) is 0 Å². The molecule has 0 radical (unpaired) electrons.